The van der Waals surface area contributed by atoms with E-state index < -0.39 is 0 Å². The van der Waals surface area contributed by atoms with Crippen LogP contribution >= 0.6 is 11.8 Å². The average molecular weight is 319 g/mol. The fraction of sp³-hybridized carbons (Fsp3) is 0.400. The molecular weight excluding hydrogens is 302 g/mol. The first-order valence-corrected chi connectivity index (χ1v) is 8.19. The number of aromatic nitrogens is 3. The van der Waals surface area contributed by atoms with Crippen molar-refractivity contribution < 1.29 is 9.47 Å². The highest BCUT2D eigenvalue weighted by molar-refractivity contribution is 7.98. The number of aromatic amines is 1. The van der Waals surface area contributed by atoms with E-state index in [1.54, 1.807) is 12.4 Å². The van der Waals surface area contributed by atoms with Crippen LogP contribution in [0.15, 0.2) is 40.7 Å². The molecule has 6 nitrogen and oxygen atoms in total. The first kappa shape index (κ1) is 15.1. The lowest BCUT2D eigenvalue weighted by Crippen LogP contribution is -2.27. The van der Waals surface area contributed by atoms with Crippen molar-refractivity contribution in [1.29, 1.82) is 0 Å². The van der Waals surface area contributed by atoms with Gasteiger partial charge in [0.25, 0.3) is 5.56 Å². The Morgan fingerprint density at radius 2 is 2.36 bits per heavy atom. The average Bonchev–Trinajstić information content (AvgIpc) is 2.57. The summed E-state index contributed by atoms with van der Waals surface area (Å²) >= 11 is 1.45. The van der Waals surface area contributed by atoms with Crippen molar-refractivity contribution >= 4 is 11.8 Å². The number of hydrogen-bond donors (Lipinski definition) is 1. The van der Waals surface area contributed by atoms with E-state index >= 15 is 0 Å². The van der Waals surface area contributed by atoms with Crippen LogP contribution in [-0.2, 0) is 10.5 Å². The maximum atomic E-state index is 12.0. The van der Waals surface area contributed by atoms with Crippen LogP contribution in [0.3, 0.4) is 0 Å². The SMILES string of the molecule is O=c1[nH]c(SCc2cccnc2)ncc1OC1CCCCO1. The normalized spacial score (nSPS) is 18.1. The predicted molar refractivity (Wildman–Crippen MR) is 82.9 cm³/mol. The zero-order valence-electron chi connectivity index (χ0n) is 12.0. The van der Waals surface area contributed by atoms with Crippen molar-refractivity contribution in [3.05, 3.63) is 46.6 Å². The Bertz CT molecular complexity index is 657. The van der Waals surface area contributed by atoms with E-state index in [-0.39, 0.29) is 17.6 Å². The van der Waals surface area contributed by atoms with E-state index in [4.69, 9.17) is 9.47 Å². The Kier molecular flexibility index (Phi) is 5.07. The molecule has 0 bridgehead atoms. The van der Waals surface area contributed by atoms with Crippen molar-refractivity contribution in [2.75, 3.05) is 6.61 Å². The number of nitrogens with zero attached hydrogens (tertiary/aromatic N) is 2. The first-order valence-electron chi connectivity index (χ1n) is 7.20. The molecule has 0 spiro atoms. The molecule has 116 valence electrons. The molecule has 0 radical (unpaired) electrons. The molecule has 2 aromatic heterocycles. The lowest BCUT2D eigenvalue weighted by atomic mass is 10.2. The molecule has 7 heteroatoms. The van der Waals surface area contributed by atoms with Crippen LogP contribution in [-0.4, -0.2) is 27.8 Å². The minimum atomic E-state index is -0.342. The maximum Gasteiger partial charge on any atom is 0.294 e. The van der Waals surface area contributed by atoms with Gasteiger partial charge < -0.3 is 9.47 Å². The topological polar surface area (TPSA) is 77.1 Å². The quantitative estimate of drug-likeness (QED) is 0.673. The van der Waals surface area contributed by atoms with Gasteiger partial charge in [-0.25, -0.2) is 4.98 Å². The summed E-state index contributed by atoms with van der Waals surface area (Å²) in [6.45, 7) is 0.676. The van der Waals surface area contributed by atoms with Crippen LogP contribution in [0.25, 0.3) is 0 Å². The number of nitrogens with one attached hydrogen (secondary N) is 1. The van der Waals surface area contributed by atoms with Gasteiger partial charge in [0.2, 0.25) is 5.75 Å². The molecule has 22 heavy (non-hydrogen) atoms. The van der Waals surface area contributed by atoms with Gasteiger partial charge in [-0.2, -0.15) is 0 Å². The van der Waals surface area contributed by atoms with E-state index in [0.29, 0.717) is 17.5 Å². The molecular formula is C15H17N3O3S. The zero-order valence-corrected chi connectivity index (χ0v) is 12.8. The fourth-order valence-electron chi connectivity index (χ4n) is 2.11. The van der Waals surface area contributed by atoms with Gasteiger partial charge in [-0.15, -0.1) is 0 Å². The molecule has 1 atom stereocenters. The van der Waals surface area contributed by atoms with Crippen LogP contribution in [0.5, 0.6) is 5.75 Å². The lowest BCUT2D eigenvalue weighted by Gasteiger charge is -2.22. The molecule has 2 aromatic rings. The molecule has 0 saturated carbocycles. The lowest BCUT2D eigenvalue weighted by molar-refractivity contribution is -0.106. The summed E-state index contributed by atoms with van der Waals surface area (Å²) in [5.74, 6) is 0.903. The van der Waals surface area contributed by atoms with Crippen molar-refractivity contribution in [1.82, 2.24) is 15.0 Å². The van der Waals surface area contributed by atoms with Crippen molar-refractivity contribution in [3.63, 3.8) is 0 Å². The van der Waals surface area contributed by atoms with E-state index in [2.05, 4.69) is 15.0 Å². The largest absolute Gasteiger partial charge is 0.458 e. The van der Waals surface area contributed by atoms with Gasteiger partial charge in [0, 0.05) is 24.6 Å². The summed E-state index contributed by atoms with van der Waals surface area (Å²) in [4.78, 5) is 23.0. The number of thioether (sulfide) groups is 1. The highest BCUT2D eigenvalue weighted by Crippen LogP contribution is 2.19. The molecule has 0 aliphatic carbocycles. The fourth-order valence-corrected chi connectivity index (χ4v) is 2.87. The Morgan fingerprint density at radius 1 is 1.41 bits per heavy atom. The van der Waals surface area contributed by atoms with Crippen molar-refractivity contribution in [2.24, 2.45) is 0 Å². The van der Waals surface area contributed by atoms with Gasteiger partial charge in [0.15, 0.2) is 11.4 Å². The van der Waals surface area contributed by atoms with Crippen LogP contribution in [0.1, 0.15) is 24.8 Å². The minimum Gasteiger partial charge on any atom is -0.458 e. The summed E-state index contributed by atoms with van der Waals surface area (Å²) < 4.78 is 11.0. The van der Waals surface area contributed by atoms with E-state index in [1.165, 1.54) is 18.0 Å². The summed E-state index contributed by atoms with van der Waals surface area (Å²) in [7, 11) is 0. The molecule has 1 saturated heterocycles. The Balaban J connectivity index is 1.60. The molecule has 1 fully saturated rings. The van der Waals surface area contributed by atoms with E-state index in [1.807, 2.05) is 12.1 Å². The van der Waals surface area contributed by atoms with E-state index in [0.717, 1.165) is 24.8 Å². The van der Waals surface area contributed by atoms with Crippen molar-refractivity contribution in [3.8, 4) is 5.75 Å². The summed E-state index contributed by atoms with van der Waals surface area (Å²) in [5.41, 5.74) is 0.795. The Morgan fingerprint density at radius 3 is 3.09 bits per heavy atom. The number of rotatable bonds is 5. The summed E-state index contributed by atoms with van der Waals surface area (Å²) in [6, 6.07) is 3.86. The predicted octanol–water partition coefficient (Wildman–Crippen LogP) is 2.36. The molecule has 0 amide bonds. The number of H-pyrrole nitrogens is 1. The number of pyridine rings is 1. The number of hydrogen-bond acceptors (Lipinski definition) is 6. The second kappa shape index (κ2) is 7.42. The molecule has 1 aliphatic heterocycles. The highest BCUT2D eigenvalue weighted by Gasteiger charge is 2.17. The number of ether oxygens (including phenoxy) is 2. The summed E-state index contributed by atoms with van der Waals surface area (Å²) in [5, 5.41) is 0.561. The molecule has 1 unspecified atom stereocenters. The maximum absolute atomic E-state index is 12.0. The van der Waals surface area contributed by atoms with Crippen LogP contribution < -0.4 is 10.3 Å². The smallest absolute Gasteiger partial charge is 0.294 e. The molecule has 3 rings (SSSR count). The highest BCUT2D eigenvalue weighted by atomic mass is 32.2. The zero-order chi connectivity index (χ0) is 15.2. The third kappa shape index (κ3) is 4.08. The molecule has 0 aromatic carbocycles. The molecule has 3 heterocycles. The Labute approximate surface area is 132 Å². The van der Waals surface area contributed by atoms with Crippen LogP contribution in [0.4, 0.5) is 0 Å². The Hall–Kier alpha value is -1.86. The van der Waals surface area contributed by atoms with Crippen LogP contribution in [0, 0.1) is 0 Å². The van der Waals surface area contributed by atoms with Gasteiger partial charge in [0.1, 0.15) is 0 Å². The van der Waals surface area contributed by atoms with Gasteiger partial charge in [-0.05, 0) is 24.5 Å². The second-order valence-electron chi connectivity index (χ2n) is 4.95. The summed E-state index contributed by atoms with van der Waals surface area (Å²) in [6.07, 6.45) is 7.54. The first-order chi connectivity index (χ1) is 10.8. The van der Waals surface area contributed by atoms with Gasteiger partial charge >= 0.3 is 0 Å². The molecule has 1 N–H and O–H groups in total. The third-order valence-electron chi connectivity index (χ3n) is 3.24. The van der Waals surface area contributed by atoms with Gasteiger partial charge in [0.05, 0.1) is 12.8 Å². The monoisotopic (exact) mass is 319 g/mol. The van der Waals surface area contributed by atoms with E-state index in [9.17, 15) is 4.79 Å². The van der Waals surface area contributed by atoms with Gasteiger partial charge in [-0.3, -0.25) is 14.8 Å². The third-order valence-corrected chi connectivity index (χ3v) is 4.20. The minimum absolute atomic E-state index is 0.206. The van der Waals surface area contributed by atoms with Crippen molar-refractivity contribution in [2.45, 2.75) is 36.5 Å². The molecule has 1 aliphatic rings. The standard InChI is InChI=1S/C15H17N3O3S/c19-14-12(21-13-5-1-2-7-20-13)9-17-15(18-14)22-10-11-4-3-6-16-8-11/h3-4,6,8-9,13H,1-2,5,7,10H2,(H,17,18,19). The second-order valence-corrected chi connectivity index (χ2v) is 5.91. The van der Waals surface area contributed by atoms with Crippen LogP contribution in [0.2, 0.25) is 0 Å². The van der Waals surface area contributed by atoms with Gasteiger partial charge in [-0.1, -0.05) is 17.8 Å².